The third-order valence-corrected chi connectivity index (χ3v) is 4.27. The summed E-state index contributed by atoms with van der Waals surface area (Å²) < 4.78 is 0. The topological polar surface area (TPSA) is 50.2 Å². The van der Waals surface area contributed by atoms with Crippen LogP contribution >= 0.6 is 11.3 Å². The van der Waals surface area contributed by atoms with E-state index in [0.717, 1.165) is 34.8 Å². The number of carboxylic acid groups (broad SMARTS) is 1. The van der Waals surface area contributed by atoms with Crippen LogP contribution in [0.4, 0.5) is 0 Å². The van der Waals surface area contributed by atoms with Gasteiger partial charge in [-0.3, -0.25) is 4.79 Å². The molecule has 1 N–H and O–H groups in total. The van der Waals surface area contributed by atoms with Crippen molar-refractivity contribution >= 4 is 17.3 Å². The highest BCUT2D eigenvalue weighted by Crippen LogP contribution is 2.37. The molecule has 3 nitrogen and oxygen atoms in total. The number of nitrogens with zero attached hydrogens (tertiary/aromatic N) is 1. The largest absolute Gasteiger partial charge is 0.481 e. The van der Waals surface area contributed by atoms with Gasteiger partial charge in [0.2, 0.25) is 0 Å². The lowest BCUT2D eigenvalue weighted by atomic mass is 9.92. The third-order valence-electron chi connectivity index (χ3n) is 2.76. The molecule has 0 fully saturated rings. The van der Waals surface area contributed by atoms with Gasteiger partial charge < -0.3 is 5.11 Å². The Hall–Kier alpha value is -0.900. The minimum atomic E-state index is -0.699. The zero-order chi connectivity index (χ0) is 11.0. The first-order valence-corrected chi connectivity index (χ1v) is 6.13. The number of aliphatic carboxylic acids is 1. The highest BCUT2D eigenvalue weighted by molar-refractivity contribution is 7.12. The maximum Gasteiger partial charge on any atom is 0.311 e. The van der Waals surface area contributed by atoms with Gasteiger partial charge in [-0.05, 0) is 19.3 Å². The van der Waals surface area contributed by atoms with Crippen LogP contribution in [0.15, 0.2) is 0 Å². The normalized spacial score (nSPS) is 20.3. The number of aryl methyl sites for hydroxylation is 1. The van der Waals surface area contributed by atoms with Gasteiger partial charge in [0, 0.05) is 10.8 Å². The minimum absolute atomic E-state index is 0.307. The Morgan fingerprint density at radius 2 is 2.33 bits per heavy atom. The summed E-state index contributed by atoms with van der Waals surface area (Å²) >= 11 is 1.59. The first kappa shape index (κ1) is 10.6. The zero-order valence-corrected chi connectivity index (χ0v) is 9.80. The van der Waals surface area contributed by atoms with Crippen molar-refractivity contribution < 1.29 is 9.90 Å². The molecule has 1 aliphatic carbocycles. The van der Waals surface area contributed by atoms with Crippen LogP contribution in [0.2, 0.25) is 0 Å². The van der Waals surface area contributed by atoms with Crippen LogP contribution in [-0.2, 0) is 11.2 Å². The number of hydrogen-bond acceptors (Lipinski definition) is 3. The summed E-state index contributed by atoms with van der Waals surface area (Å²) in [6.07, 6.45) is 2.66. The molecule has 0 saturated heterocycles. The third kappa shape index (κ3) is 1.91. The van der Waals surface area contributed by atoms with E-state index >= 15 is 0 Å². The molecule has 15 heavy (non-hydrogen) atoms. The van der Waals surface area contributed by atoms with Gasteiger partial charge in [0.15, 0.2) is 0 Å². The van der Waals surface area contributed by atoms with Crippen molar-refractivity contribution in [3.05, 3.63) is 15.6 Å². The van der Waals surface area contributed by atoms with Gasteiger partial charge in [-0.1, -0.05) is 13.8 Å². The fraction of sp³-hybridized carbons (Fsp3) is 0.636. The monoisotopic (exact) mass is 225 g/mol. The summed E-state index contributed by atoms with van der Waals surface area (Å²) in [5.74, 6) is -0.608. The van der Waals surface area contributed by atoms with Gasteiger partial charge in [-0.2, -0.15) is 0 Å². The number of carboxylic acids is 1. The lowest BCUT2D eigenvalue weighted by Gasteiger charge is -2.16. The van der Waals surface area contributed by atoms with E-state index in [4.69, 9.17) is 5.11 Å². The Balaban J connectivity index is 2.38. The van der Waals surface area contributed by atoms with Crippen LogP contribution in [-0.4, -0.2) is 16.1 Å². The van der Waals surface area contributed by atoms with Crippen molar-refractivity contribution in [3.63, 3.8) is 0 Å². The molecule has 0 aliphatic heterocycles. The molecular weight excluding hydrogens is 210 g/mol. The summed E-state index contributed by atoms with van der Waals surface area (Å²) in [6, 6.07) is 0. The number of hydrogen-bond donors (Lipinski definition) is 1. The van der Waals surface area contributed by atoms with Crippen molar-refractivity contribution in [3.8, 4) is 0 Å². The number of thiazole rings is 1. The number of rotatable bonds is 2. The highest BCUT2D eigenvalue weighted by Gasteiger charge is 2.29. The summed E-state index contributed by atoms with van der Waals surface area (Å²) in [7, 11) is 0. The van der Waals surface area contributed by atoms with E-state index in [1.54, 1.807) is 11.3 Å². The highest BCUT2D eigenvalue weighted by atomic mass is 32.1. The smallest absolute Gasteiger partial charge is 0.311 e. The number of aromatic nitrogens is 1. The fourth-order valence-corrected chi connectivity index (χ4v) is 3.16. The van der Waals surface area contributed by atoms with Gasteiger partial charge in [0.25, 0.3) is 0 Å². The Bertz CT molecular complexity index is 384. The molecule has 1 unspecified atom stereocenters. The molecule has 1 aliphatic rings. The zero-order valence-electron chi connectivity index (χ0n) is 8.99. The predicted molar refractivity (Wildman–Crippen MR) is 59.5 cm³/mol. The van der Waals surface area contributed by atoms with Crippen molar-refractivity contribution in [1.82, 2.24) is 4.98 Å². The van der Waals surface area contributed by atoms with Gasteiger partial charge in [-0.25, -0.2) is 4.98 Å². The molecule has 1 aromatic heterocycles. The Morgan fingerprint density at radius 3 is 2.93 bits per heavy atom. The van der Waals surface area contributed by atoms with Crippen LogP contribution < -0.4 is 0 Å². The van der Waals surface area contributed by atoms with Crippen LogP contribution in [0.1, 0.15) is 54.1 Å². The lowest BCUT2D eigenvalue weighted by Crippen LogP contribution is -2.16. The van der Waals surface area contributed by atoms with E-state index in [0.29, 0.717) is 5.92 Å². The van der Waals surface area contributed by atoms with Crippen molar-refractivity contribution in [2.45, 2.75) is 44.9 Å². The summed E-state index contributed by atoms with van der Waals surface area (Å²) in [6.45, 7) is 4.19. The minimum Gasteiger partial charge on any atom is -0.481 e. The summed E-state index contributed by atoms with van der Waals surface area (Å²) in [5, 5.41) is 10.2. The molecule has 1 heterocycles. The lowest BCUT2D eigenvalue weighted by molar-refractivity contribution is -0.139. The average Bonchev–Trinajstić information content (AvgIpc) is 2.60. The van der Waals surface area contributed by atoms with E-state index in [1.807, 2.05) is 0 Å². The molecule has 82 valence electrons. The molecule has 0 radical (unpaired) electrons. The molecule has 0 amide bonds. The van der Waals surface area contributed by atoms with Crippen LogP contribution in [0, 0.1) is 0 Å². The number of fused-ring (bicyclic) bond motifs is 1. The van der Waals surface area contributed by atoms with Crippen LogP contribution in [0.5, 0.6) is 0 Å². The van der Waals surface area contributed by atoms with Gasteiger partial charge >= 0.3 is 5.97 Å². The molecule has 0 spiro atoms. The summed E-state index contributed by atoms with van der Waals surface area (Å²) in [4.78, 5) is 16.6. The van der Waals surface area contributed by atoms with Crippen LogP contribution in [0.3, 0.4) is 0 Å². The van der Waals surface area contributed by atoms with Crippen molar-refractivity contribution in [2.75, 3.05) is 0 Å². The molecule has 0 bridgehead atoms. The molecule has 4 heteroatoms. The molecule has 1 atom stereocenters. The quantitative estimate of drug-likeness (QED) is 0.842. The number of carbonyl (C=O) groups is 1. The SMILES string of the molecule is CC(C)c1nc2c(s1)C(C(=O)O)CCC2. The van der Waals surface area contributed by atoms with E-state index in [2.05, 4.69) is 18.8 Å². The second-order valence-electron chi connectivity index (χ2n) is 4.30. The molecule has 0 aromatic carbocycles. The fourth-order valence-electron chi connectivity index (χ4n) is 1.92. The first-order chi connectivity index (χ1) is 7.09. The van der Waals surface area contributed by atoms with E-state index in [-0.39, 0.29) is 5.92 Å². The van der Waals surface area contributed by atoms with Gasteiger partial charge in [-0.15, -0.1) is 11.3 Å². The van der Waals surface area contributed by atoms with E-state index in [1.165, 1.54) is 0 Å². The Kier molecular flexibility index (Phi) is 2.78. The molecule has 0 saturated carbocycles. The van der Waals surface area contributed by atoms with Crippen molar-refractivity contribution in [1.29, 1.82) is 0 Å². The molecular formula is C11H15NO2S. The Labute approximate surface area is 93.2 Å². The average molecular weight is 225 g/mol. The maximum absolute atomic E-state index is 11.1. The van der Waals surface area contributed by atoms with Crippen molar-refractivity contribution in [2.24, 2.45) is 0 Å². The van der Waals surface area contributed by atoms with E-state index < -0.39 is 5.97 Å². The molecule has 2 rings (SSSR count). The van der Waals surface area contributed by atoms with Gasteiger partial charge in [0.1, 0.15) is 0 Å². The second-order valence-corrected chi connectivity index (χ2v) is 5.36. The Morgan fingerprint density at radius 1 is 1.60 bits per heavy atom. The van der Waals surface area contributed by atoms with E-state index in [9.17, 15) is 4.79 Å². The maximum atomic E-state index is 11.1. The second kappa shape index (κ2) is 3.93. The standard InChI is InChI=1S/C11H15NO2S/c1-6(2)10-12-8-5-3-4-7(11(13)14)9(8)15-10/h6-7H,3-5H2,1-2H3,(H,13,14). The van der Waals surface area contributed by atoms with Gasteiger partial charge in [0.05, 0.1) is 16.6 Å². The summed E-state index contributed by atoms with van der Waals surface area (Å²) in [5.41, 5.74) is 1.03. The first-order valence-electron chi connectivity index (χ1n) is 5.32. The van der Waals surface area contributed by atoms with Crippen LogP contribution in [0.25, 0.3) is 0 Å². The predicted octanol–water partition coefficient (Wildman–Crippen LogP) is 2.77. The molecule has 1 aromatic rings.